The van der Waals surface area contributed by atoms with Crippen molar-refractivity contribution in [2.24, 2.45) is 0 Å². The number of carbonyl (C=O) groups is 1. The first-order valence-electron chi connectivity index (χ1n) is 8.99. The molecule has 0 aliphatic heterocycles. The van der Waals surface area contributed by atoms with Gasteiger partial charge in [0.2, 0.25) is 0 Å². The van der Waals surface area contributed by atoms with Gasteiger partial charge in [0.05, 0.1) is 0 Å². The summed E-state index contributed by atoms with van der Waals surface area (Å²) in [5.41, 5.74) is 0. The number of hydrogen-bond donors (Lipinski definition) is 1. The molecular formula is C18H40BaCaO2. The zero-order chi connectivity index (χ0) is 14.9. The van der Waals surface area contributed by atoms with Gasteiger partial charge in [-0.3, -0.25) is 4.79 Å². The molecule has 0 rings (SSSR count). The molecule has 0 aromatic carbocycles. The average Bonchev–Trinajstić information content (AvgIpc) is 2.43. The topological polar surface area (TPSA) is 37.3 Å². The zero-order valence-corrected chi connectivity index (χ0v) is 13.7. The SMILES string of the molecule is CCCCCCCCCCCCCCCCCC(=O)O.[BaH2].[CaH2]. The van der Waals surface area contributed by atoms with Crippen LogP contribution in [0.4, 0.5) is 0 Å². The van der Waals surface area contributed by atoms with Gasteiger partial charge < -0.3 is 5.11 Å². The van der Waals surface area contributed by atoms with E-state index in [1.807, 2.05) is 0 Å². The van der Waals surface area contributed by atoms with E-state index >= 15 is 0 Å². The molecule has 0 amide bonds. The molecule has 0 aromatic heterocycles. The standard InChI is InChI=1S/C18H36O2.Ba.Ca.4H/c1-2-3-4-5-6-7-8-9-10-11-12-13-14-15-16-17-18(19)20;;;;;;/h2-17H2,1H3,(H,19,20);;;;;;. The fourth-order valence-electron chi connectivity index (χ4n) is 2.65. The van der Waals surface area contributed by atoms with Crippen molar-refractivity contribution < 1.29 is 9.90 Å². The molecule has 0 aliphatic rings. The molecule has 0 atom stereocenters. The van der Waals surface area contributed by atoms with Crippen LogP contribution in [0.2, 0.25) is 0 Å². The van der Waals surface area contributed by atoms with Gasteiger partial charge >= 0.3 is 92.6 Å². The van der Waals surface area contributed by atoms with Gasteiger partial charge in [-0.25, -0.2) is 0 Å². The quantitative estimate of drug-likeness (QED) is 0.269. The number of carboxylic acid groups (broad SMARTS) is 1. The van der Waals surface area contributed by atoms with Crippen LogP contribution in [0, 0.1) is 0 Å². The summed E-state index contributed by atoms with van der Waals surface area (Å²) in [6.07, 6.45) is 20.2. The Kier molecular flexibility index (Phi) is 33.8. The molecule has 0 bridgehead atoms. The van der Waals surface area contributed by atoms with Gasteiger partial charge in [-0.05, 0) is 6.42 Å². The number of hydrogen-bond acceptors (Lipinski definition) is 1. The summed E-state index contributed by atoms with van der Waals surface area (Å²) in [7, 11) is 0. The molecule has 0 aromatic rings. The monoisotopic (exact) mass is 466 g/mol. The van der Waals surface area contributed by atoms with Crippen LogP contribution in [0.25, 0.3) is 0 Å². The van der Waals surface area contributed by atoms with E-state index in [1.165, 1.54) is 83.5 Å². The number of rotatable bonds is 16. The van der Waals surface area contributed by atoms with Crippen molar-refractivity contribution in [2.45, 2.75) is 110 Å². The van der Waals surface area contributed by atoms with E-state index in [2.05, 4.69) is 6.92 Å². The van der Waals surface area contributed by atoms with Crippen LogP contribution in [0.5, 0.6) is 0 Å². The molecule has 0 saturated carbocycles. The van der Waals surface area contributed by atoms with Gasteiger partial charge in [-0.15, -0.1) is 0 Å². The predicted molar refractivity (Wildman–Crippen MR) is 104 cm³/mol. The van der Waals surface area contributed by atoms with Crippen molar-refractivity contribution in [1.29, 1.82) is 0 Å². The van der Waals surface area contributed by atoms with E-state index in [0.29, 0.717) is 6.42 Å². The molecule has 1 N–H and O–H groups in total. The summed E-state index contributed by atoms with van der Waals surface area (Å²) in [4.78, 5) is 10.3. The van der Waals surface area contributed by atoms with E-state index in [4.69, 9.17) is 5.11 Å². The number of aliphatic carboxylic acids is 1. The Balaban J connectivity index is -0.00000180. The fraction of sp³-hybridized carbons (Fsp3) is 0.944. The third-order valence-electron chi connectivity index (χ3n) is 3.99. The van der Waals surface area contributed by atoms with Crippen molar-refractivity contribution in [2.75, 3.05) is 0 Å². The van der Waals surface area contributed by atoms with Gasteiger partial charge in [0, 0.05) is 6.42 Å². The summed E-state index contributed by atoms with van der Waals surface area (Å²) in [6.45, 7) is 2.27. The van der Waals surface area contributed by atoms with Crippen LogP contribution in [-0.2, 0) is 4.79 Å². The Morgan fingerprint density at radius 2 is 0.909 bits per heavy atom. The Morgan fingerprint density at radius 3 is 1.18 bits per heavy atom. The van der Waals surface area contributed by atoms with Gasteiger partial charge in [0.1, 0.15) is 0 Å². The molecule has 128 valence electrons. The molecule has 0 spiro atoms. The molecule has 0 radical (unpaired) electrons. The minimum atomic E-state index is -0.653. The normalized spacial score (nSPS) is 9.86. The maximum atomic E-state index is 10.3. The summed E-state index contributed by atoms with van der Waals surface area (Å²) in [5.74, 6) is -0.653. The molecule has 0 heterocycles. The summed E-state index contributed by atoms with van der Waals surface area (Å²) in [5, 5.41) is 8.52. The van der Waals surface area contributed by atoms with Gasteiger partial charge in [-0.1, -0.05) is 96.8 Å². The number of unbranched alkanes of at least 4 members (excludes halogenated alkanes) is 14. The molecule has 0 fully saturated rings. The Morgan fingerprint density at radius 1 is 0.636 bits per heavy atom. The third kappa shape index (κ3) is 27.2. The van der Waals surface area contributed by atoms with Crippen molar-refractivity contribution in [1.82, 2.24) is 0 Å². The van der Waals surface area contributed by atoms with Crippen molar-refractivity contribution >= 4 is 92.6 Å². The Labute approximate surface area is 209 Å². The van der Waals surface area contributed by atoms with Gasteiger partial charge in [0.15, 0.2) is 0 Å². The molecule has 0 aliphatic carbocycles. The van der Waals surface area contributed by atoms with Crippen LogP contribution in [0.15, 0.2) is 0 Å². The molecule has 0 unspecified atom stereocenters. The molecule has 22 heavy (non-hydrogen) atoms. The predicted octanol–water partition coefficient (Wildman–Crippen LogP) is 4.50. The Hall–Kier alpha value is 2.30. The molecular weight excluding hydrogens is 426 g/mol. The van der Waals surface area contributed by atoms with E-state index in [9.17, 15) is 4.79 Å². The van der Waals surface area contributed by atoms with Crippen LogP contribution in [0.3, 0.4) is 0 Å². The van der Waals surface area contributed by atoms with E-state index < -0.39 is 5.97 Å². The summed E-state index contributed by atoms with van der Waals surface area (Å²) < 4.78 is 0. The van der Waals surface area contributed by atoms with E-state index in [1.54, 1.807) is 0 Å². The second kappa shape index (κ2) is 25.5. The maximum absolute atomic E-state index is 10.3. The third-order valence-corrected chi connectivity index (χ3v) is 3.99. The zero-order valence-electron chi connectivity index (χ0n) is 13.7. The van der Waals surface area contributed by atoms with Crippen LogP contribution >= 0.6 is 0 Å². The van der Waals surface area contributed by atoms with E-state index in [0.717, 1.165) is 12.8 Å². The van der Waals surface area contributed by atoms with Crippen LogP contribution < -0.4 is 0 Å². The van der Waals surface area contributed by atoms with Crippen molar-refractivity contribution in [3.8, 4) is 0 Å². The van der Waals surface area contributed by atoms with Gasteiger partial charge in [-0.2, -0.15) is 0 Å². The first-order chi connectivity index (χ1) is 9.77. The fourth-order valence-corrected chi connectivity index (χ4v) is 2.65. The minimum absolute atomic E-state index is 0. The number of carboxylic acids is 1. The summed E-state index contributed by atoms with van der Waals surface area (Å²) in [6, 6.07) is 0. The molecule has 4 heteroatoms. The first-order valence-corrected chi connectivity index (χ1v) is 8.99. The van der Waals surface area contributed by atoms with Crippen molar-refractivity contribution in [3.63, 3.8) is 0 Å². The second-order valence-corrected chi connectivity index (χ2v) is 6.09. The van der Waals surface area contributed by atoms with Gasteiger partial charge in [0.25, 0.3) is 0 Å². The molecule has 2 nitrogen and oxygen atoms in total. The van der Waals surface area contributed by atoms with Crippen LogP contribution in [0.1, 0.15) is 110 Å². The van der Waals surface area contributed by atoms with Crippen molar-refractivity contribution in [3.05, 3.63) is 0 Å². The first kappa shape index (κ1) is 29.1. The van der Waals surface area contributed by atoms with E-state index in [-0.39, 0.29) is 86.6 Å². The summed E-state index contributed by atoms with van der Waals surface area (Å²) >= 11 is 0. The van der Waals surface area contributed by atoms with Crippen LogP contribution in [-0.4, -0.2) is 97.7 Å². The second-order valence-electron chi connectivity index (χ2n) is 6.09. The molecule has 0 saturated heterocycles. The Bertz CT molecular complexity index is 213. The average molecular weight is 466 g/mol.